The molecular weight excluding hydrogens is 432 g/mol. The summed E-state index contributed by atoms with van der Waals surface area (Å²) in [5.74, 6) is -1.01. The first kappa shape index (κ1) is 25.4. The summed E-state index contributed by atoms with van der Waals surface area (Å²) in [6.45, 7) is 7.51. The number of aryl methyl sites for hydroxylation is 1. The number of amides is 1. The molecule has 7 heteroatoms. The van der Waals surface area contributed by atoms with Gasteiger partial charge in [0.1, 0.15) is 6.61 Å². The van der Waals surface area contributed by atoms with E-state index in [0.717, 1.165) is 43.5 Å². The van der Waals surface area contributed by atoms with Crippen molar-refractivity contribution in [2.75, 3.05) is 31.6 Å². The van der Waals surface area contributed by atoms with Crippen molar-refractivity contribution >= 4 is 23.5 Å². The second-order valence-electron chi connectivity index (χ2n) is 8.91. The van der Waals surface area contributed by atoms with Gasteiger partial charge in [0, 0.05) is 0 Å². The van der Waals surface area contributed by atoms with Gasteiger partial charge in [0.15, 0.2) is 12.6 Å². The highest BCUT2D eigenvalue weighted by Gasteiger charge is 2.42. The SMILES string of the molecule is CCOC(=O)c1cccc(C)c1NC(=O)C(C)[N+]1(CC(=O)OCc2ccccc2)CCCCC1. The lowest BCUT2D eigenvalue weighted by atomic mass is 10.0. The minimum Gasteiger partial charge on any atom is -0.462 e. The fraction of sp³-hybridized carbons (Fsp3) is 0.444. The first-order valence-corrected chi connectivity index (χ1v) is 12.0. The number of hydrogen-bond acceptors (Lipinski definition) is 5. The molecule has 0 saturated carbocycles. The third-order valence-electron chi connectivity index (χ3n) is 6.61. The van der Waals surface area contributed by atoms with Crippen LogP contribution in [0, 0.1) is 6.92 Å². The molecule has 0 aliphatic carbocycles. The molecule has 1 unspecified atom stereocenters. The molecule has 182 valence electrons. The number of esters is 2. The Morgan fingerprint density at radius 2 is 1.68 bits per heavy atom. The van der Waals surface area contributed by atoms with Gasteiger partial charge >= 0.3 is 11.9 Å². The number of para-hydroxylation sites is 1. The average Bonchev–Trinajstić information content (AvgIpc) is 2.84. The molecule has 0 bridgehead atoms. The van der Waals surface area contributed by atoms with E-state index in [0.29, 0.717) is 15.7 Å². The maximum atomic E-state index is 13.4. The normalized spacial score (nSPS) is 15.7. The second-order valence-corrected chi connectivity index (χ2v) is 8.91. The van der Waals surface area contributed by atoms with E-state index in [4.69, 9.17) is 9.47 Å². The fourth-order valence-electron chi connectivity index (χ4n) is 4.55. The van der Waals surface area contributed by atoms with Crippen molar-refractivity contribution in [3.8, 4) is 0 Å². The highest BCUT2D eigenvalue weighted by Crippen LogP contribution is 2.27. The van der Waals surface area contributed by atoms with Gasteiger partial charge in [-0.15, -0.1) is 0 Å². The van der Waals surface area contributed by atoms with Crippen molar-refractivity contribution in [2.24, 2.45) is 0 Å². The lowest BCUT2D eigenvalue weighted by Gasteiger charge is -2.44. The van der Waals surface area contributed by atoms with E-state index in [-0.39, 0.29) is 31.6 Å². The largest absolute Gasteiger partial charge is 0.462 e. The number of carbonyl (C=O) groups is 3. The number of carbonyl (C=O) groups excluding carboxylic acids is 3. The molecule has 7 nitrogen and oxygen atoms in total. The summed E-state index contributed by atoms with van der Waals surface area (Å²) < 4.78 is 11.1. The zero-order valence-electron chi connectivity index (χ0n) is 20.3. The molecule has 1 amide bonds. The van der Waals surface area contributed by atoms with E-state index in [9.17, 15) is 14.4 Å². The molecule has 2 aromatic rings. The van der Waals surface area contributed by atoms with Gasteiger partial charge in [0.2, 0.25) is 0 Å². The van der Waals surface area contributed by atoms with Crippen LogP contribution in [-0.2, 0) is 25.7 Å². The lowest BCUT2D eigenvalue weighted by molar-refractivity contribution is -0.938. The summed E-state index contributed by atoms with van der Waals surface area (Å²) in [5, 5.41) is 2.96. The molecule has 0 radical (unpaired) electrons. The molecule has 1 aliphatic rings. The monoisotopic (exact) mass is 467 g/mol. The first-order valence-electron chi connectivity index (χ1n) is 12.0. The van der Waals surface area contributed by atoms with Crippen molar-refractivity contribution in [3.63, 3.8) is 0 Å². The molecular formula is C27H35N2O5+. The van der Waals surface area contributed by atoms with Gasteiger partial charge in [-0.3, -0.25) is 4.79 Å². The Morgan fingerprint density at radius 3 is 2.35 bits per heavy atom. The van der Waals surface area contributed by atoms with Crippen LogP contribution in [0.4, 0.5) is 5.69 Å². The minimum atomic E-state index is -0.487. The van der Waals surface area contributed by atoms with Crippen LogP contribution in [0.1, 0.15) is 54.6 Å². The van der Waals surface area contributed by atoms with Gasteiger partial charge in [0.25, 0.3) is 5.91 Å². The molecule has 1 aliphatic heterocycles. The number of hydrogen-bond donors (Lipinski definition) is 1. The Balaban J connectivity index is 1.75. The summed E-state index contributed by atoms with van der Waals surface area (Å²) in [7, 11) is 0. The fourth-order valence-corrected chi connectivity index (χ4v) is 4.55. The Labute approximate surface area is 201 Å². The number of nitrogens with zero attached hydrogens (tertiary/aromatic N) is 1. The molecule has 1 heterocycles. The Hall–Kier alpha value is -3.19. The summed E-state index contributed by atoms with van der Waals surface area (Å²) in [5.41, 5.74) is 2.49. The van der Waals surface area contributed by atoms with Crippen LogP contribution in [0.2, 0.25) is 0 Å². The van der Waals surface area contributed by atoms with E-state index in [1.165, 1.54) is 0 Å². The number of likely N-dealkylation sites (tertiary alicyclic amines) is 1. The third kappa shape index (κ3) is 6.23. The number of benzene rings is 2. The van der Waals surface area contributed by atoms with Crippen LogP contribution in [0.5, 0.6) is 0 Å². The van der Waals surface area contributed by atoms with Gasteiger partial charge in [-0.25, -0.2) is 9.59 Å². The zero-order valence-corrected chi connectivity index (χ0v) is 20.3. The van der Waals surface area contributed by atoms with E-state index >= 15 is 0 Å². The topological polar surface area (TPSA) is 81.7 Å². The zero-order chi connectivity index (χ0) is 24.6. The number of piperidine rings is 1. The van der Waals surface area contributed by atoms with Gasteiger partial charge in [-0.05, 0) is 57.2 Å². The Bertz CT molecular complexity index is 999. The average molecular weight is 468 g/mol. The van der Waals surface area contributed by atoms with E-state index < -0.39 is 12.0 Å². The number of ether oxygens (including phenoxy) is 2. The van der Waals surface area contributed by atoms with Crippen LogP contribution < -0.4 is 5.32 Å². The summed E-state index contributed by atoms with van der Waals surface area (Å²) in [6.07, 6.45) is 2.97. The maximum absolute atomic E-state index is 13.4. The van der Waals surface area contributed by atoms with Crippen LogP contribution in [0.3, 0.4) is 0 Å². The van der Waals surface area contributed by atoms with Crippen LogP contribution in [-0.4, -0.2) is 54.6 Å². The minimum absolute atomic E-state index is 0.139. The van der Waals surface area contributed by atoms with E-state index in [1.807, 2.05) is 50.2 Å². The molecule has 1 N–H and O–H groups in total. The smallest absolute Gasteiger partial charge is 0.362 e. The summed E-state index contributed by atoms with van der Waals surface area (Å²) in [4.78, 5) is 38.7. The van der Waals surface area contributed by atoms with Crippen molar-refractivity contribution < 1.29 is 28.3 Å². The summed E-state index contributed by atoms with van der Waals surface area (Å²) in [6, 6.07) is 14.3. The lowest BCUT2D eigenvalue weighted by Crippen LogP contribution is -2.63. The molecule has 0 spiro atoms. The number of anilines is 1. The number of quaternary nitrogens is 1. The molecule has 1 atom stereocenters. The van der Waals surface area contributed by atoms with Crippen LogP contribution in [0.15, 0.2) is 48.5 Å². The van der Waals surface area contributed by atoms with Gasteiger partial charge in [-0.2, -0.15) is 0 Å². The standard InChI is InChI=1S/C27H34N2O5/c1-4-33-27(32)23-15-11-12-20(2)25(23)28-26(31)21(3)29(16-9-6-10-17-29)18-24(30)34-19-22-13-7-5-8-14-22/h5,7-8,11-15,21H,4,6,9-10,16-19H2,1-3H3/p+1. The summed E-state index contributed by atoms with van der Waals surface area (Å²) >= 11 is 0. The molecule has 0 aromatic heterocycles. The van der Waals surface area contributed by atoms with Gasteiger partial charge in [-0.1, -0.05) is 42.5 Å². The Morgan fingerprint density at radius 1 is 0.971 bits per heavy atom. The molecule has 34 heavy (non-hydrogen) atoms. The van der Waals surface area contributed by atoms with E-state index in [1.54, 1.807) is 19.1 Å². The molecule has 2 aromatic carbocycles. The predicted molar refractivity (Wildman–Crippen MR) is 130 cm³/mol. The highest BCUT2D eigenvalue weighted by molar-refractivity contribution is 6.03. The van der Waals surface area contributed by atoms with E-state index in [2.05, 4.69) is 5.32 Å². The first-order chi connectivity index (χ1) is 16.4. The van der Waals surface area contributed by atoms with Gasteiger partial charge in [0.05, 0.1) is 30.9 Å². The second kappa shape index (κ2) is 11.8. The van der Waals surface area contributed by atoms with Crippen molar-refractivity contribution in [1.29, 1.82) is 0 Å². The van der Waals surface area contributed by atoms with Crippen LogP contribution in [0.25, 0.3) is 0 Å². The highest BCUT2D eigenvalue weighted by atomic mass is 16.5. The number of rotatable bonds is 9. The third-order valence-corrected chi connectivity index (χ3v) is 6.61. The molecule has 1 saturated heterocycles. The van der Waals surface area contributed by atoms with Crippen molar-refractivity contribution in [1.82, 2.24) is 0 Å². The quantitative estimate of drug-likeness (QED) is 0.441. The van der Waals surface area contributed by atoms with Crippen LogP contribution >= 0.6 is 0 Å². The maximum Gasteiger partial charge on any atom is 0.362 e. The predicted octanol–water partition coefficient (Wildman–Crippen LogP) is 4.24. The molecule has 1 fully saturated rings. The van der Waals surface area contributed by atoms with Gasteiger partial charge < -0.3 is 19.3 Å². The van der Waals surface area contributed by atoms with Crippen molar-refractivity contribution in [2.45, 2.75) is 52.7 Å². The number of nitrogens with one attached hydrogen (secondary N) is 1. The Kier molecular flexibility index (Phi) is 8.82. The molecule has 3 rings (SSSR count). The van der Waals surface area contributed by atoms with Crippen molar-refractivity contribution in [3.05, 3.63) is 65.2 Å².